The van der Waals surface area contributed by atoms with Gasteiger partial charge in [0.2, 0.25) is 0 Å². The van der Waals surface area contributed by atoms with E-state index in [1.54, 1.807) is 0 Å². The molecule has 0 heterocycles. The van der Waals surface area contributed by atoms with Gasteiger partial charge < -0.3 is 5.11 Å². The third-order valence-corrected chi connectivity index (χ3v) is 0.726. The van der Waals surface area contributed by atoms with Crippen LogP contribution < -0.4 is 0 Å². The van der Waals surface area contributed by atoms with E-state index in [-0.39, 0.29) is 0 Å². The first-order valence-corrected chi connectivity index (χ1v) is 2.21. The van der Waals surface area contributed by atoms with Crippen molar-refractivity contribution in [2.45, 2.75) is 12.1 Å². The first-order valence-electron chi connectivity index (χ1n) is 2.21. The van der Waals surface area contributed by atoms with E-state index >= 15 is 0 Å². The summed E-state index contributed by atoms with van der Waals surface area (Å²) in [6.07, 6.45) is -6.11. The van der Waals surface area contributed by atoms with E-state index in [1.807, 2.05) is 0 Å². The summed E-state index contributed by atoms with van der Waals surface area (Å²) >= 11 is 0. The summed E-state index contributed by atoms with van der Waals surface area (Å²) in [6, 6.07) is 0. The van der Waals surface area contributed by atoms with Crippen LogP contribution in [0.3, 0.4) is 0 Å². The van der Waals surface area contributed by atoms with E-state index in [0.29, 0.717) is 0 Å². The zero-order valence-electron chi connectivity index (χ0n) is 4.62. The van der Waals surface area contributed by atoms with E-state index in [1.165, 1.54) is 0 Å². The number of hydrogen-bond acceptors (Lipinski definition) is 1. The van der Waals surface area contributed by atoms with Crippen LogP contribution in [-0.2, 0) is 0 Å². The van der Waals surface area contributed by atoms with E-state index < -0.39 is 25.1 Å². The number of halogens is 5. The fourth-order valence-electron chi connectivity index (χ4n) is 0.230. The molecule has 0 aromatic rings. The van der Waals surface area contributed by atoms with Gasteiger partial charge in [-0.1, -0.05) is 0 Å². The zero-order valence-corrected chi connectivity index (χ0v) is 4.62. The molecular formula is C4H4F5O. The van der Waals surface area contributed by atoms with Crippen LogP contribution in [-0.4, -0.2) is 23.8 Å². The minimum atomic E-state index is -5.60. The van der Waals surface area contributed by atoms with Crippen molar-refractivity contribution in [2.24, 2.45) is 0 Å². The van der Waals surface area contributed by atoms with Gasteiger partial charge in [-0.25, -0.2) is 0 Å². The number of hydrogen-bond donors (Lipinski definition) is 1. The van der Waals surface area contributed by atoms with E-state index in [4.69, 9.17) is 5.11 Å². The van der Waals surface area contributed by atoms with Crippen molar-refractivity contribution in [1.29, 1.82) is 0 Å². The maximum absolute atomic E-state index is 11.6. The van der Waals surface area contributed by atoms with Gasteiger partial charge in [0.15, 0.2) is 0 Å². The Balaban J connectivity index is 4.10. The predicted octanol–water partition coefficient (Wildman–Crippen LogP) is 1.38. The molecule has 0 unspecified atom stereocenters. The standard InChI is InChI=1S/C4H4F5O/c5-3(6,1-2-10)4(7,8)9/h1,10H,2H2. The van der Waals surface area contributed by atoms with Crippen LogP contribution in [0.25, 0.3) is 0 Å². The molecule has 1 nitrogen and oxygen atoms in total. The largest absolute Gasteiger partial charge is 0.453 e. The monoisotopic (exact) mass is 163 g/mol. The lowest BCUT2D eigenvalue weighted by atomic mass is 10.2. The maximum atomic E-state index is 11.6. The highest BCUT2D eigenvalue weighted by Gasteiger charge is 2.56. The molecule has 0 atom stereocenters. The summed E-state index contributed by atoms with van der Waals surface area (Å²) in [5, 5.41) is 7.73. The number of alkyl halides is 5. The highest BCUT2D eigenvalue weighted by molar-refractivity contribution is 4.89. The second-order valence-corrected chi connectivity index (χ2v) is 1.51. The molecule has 0 rings (SSSR count). The lowest BCUT2D eigenvalue weighted by Crippen LogP contribution is -2.37. The molecule has 0 spiro atoms. The summed E-state index contributed by atoms with van der Waals surface area (Å²) in [4.78, 5) is 0. The van der Waals surface area contributed by atoms with Crippen molar-refractivity contribution >= 4 is 0 Å². The fourth-order valence-corrected chi connectivity index (χ4v) is 0.230. The molecular weight excluding hydrogens is 159 g/mol. The Morgan fingerprint density at radius 2 is 1.50 bits per heavy atom. The van der Waals surface area contributed by atoms with Crippen molar-refractivity contribution in [1.82, 2.24) is 0 Å². The number of rotatable bonds is 2. The lowest BCUT2D eigenvalue weighted by molar-refractivity contribution is -0.268. The van der Waals surface area contributed by atoms with Crippen LogP contribution in [0.1, 0.15) is 0 Å². The third-order valence-electron chi connectivity index (χ3n) is 0.726. The number of aliphatic hydroxyl groups is 1. The van der Waals surface area contributed by atoms with Crippen molar-refractivity contribution < 1.29 is 27.1 Å². The van der Waals surface area contributed by atoms with Crippen LogP contribution in [0, 0.1) is 6.42 Å². The Hall–Kier alpha value is -0.390. The highest BCUT2D eigenvalue weighted by atomic mass is 19.4. The van der Waals surface area contributed by atoms with Crippen molar-refractivity contribution in [3.63, 3.8) is 0 Å². The molecule has 0 aliphatic rings. The molecule has 1 N–H and O–H groups in total. The highest BCUT2D eigenvalue weighted by Crippen LogP contribution is 2.36. The van der Waals surface area contributed by atoms with Gasteiger partial charge >= 0.3 is 12.1 Å². The Morgan fingerprint density at radius 1 is 1.10 bits per heavy atom. The van der Waals surface area contributed by atoms with Crippen LogP contribution in [0.4, 0.5) is 22.0 Å². The summed E-state index contributed by atoms with van der Waals surface area (Å²) in [7, 11) is 0. The minimum Gasteiger partial charge on any atom is -0.396 e. The molecule has 0 aliphatic heterocycles. The van der Waals surface area contributed by atoms with Crippen LogP contribution >= 0.6 is 0 Å². The predicted molar refractivity (Wildman–Crippen MR) is 22.4 cm³/mol. The number of aliphatic hydroxyl groups excluding tert-OH is 1. The normalized spacial score (nSPS) is 13.8. The summed E-state index contributed by atoms with van der Waals surface area (Å²) in [5.41, 5.74) is 0. The Kier molecular flexibility index (Phi) is 2.59. The van der Waals surface area contributed by atoms with Crippen LogP contribution in [0.5, 0.6) is 0 Å². The van der Waals surface area contributed by atoms with Gasteiger partial charge in [-0.2, -0.15) is 22.0 Å². The second-order valence-electron chi connectivity index (χ2n) is 1.51. The topological polar surface area (TPSA) is 20.2 Å². The first kappa shape index (κ1) is 9.61. The molecule has 1 radical (unpaired) electrons. The minimum absolute atomic E-state index is 0.507. The second kappa shape index (κ2) is 2.69. The Labute approximate surface area is 53.5 Å². The molecule has 10 heavy (non-hydrogen) atoms. The molecule has 0 saturated carbocycles. The summed E-state index contributed by atoms with van der Waals surface area (Å²) in [6.45, 7) is -1.30. The SMILES string of the molecule is OC[CH]C(F)(F)C(F)(F)F. The summed E-state index contributed by atoms with van der Waals surface area (Å²) in [5.74, 6) is -4.89. The Morgan fingerprint density at radius 3 is 1.60 bits per heavy atom. The average molecular weight is 163 g/mol. The van der Waals surface area contributed by atoms with Crippen LogP contribution in [0.15, 0.2) is 0 Å². The smallest absolute Gasteiger partial charge is 0.396 e. The van der Waals surface area contributed by atoms with Crippen molar-refractivity contribution in [2.75, 3.05) is 6.61 Å². The molecule has 0 aromatic carbocycles. The van der Waals surface area contributed by atoms with Crippen molar-refractivity contribution in [3.05, 3.63) is 6.42 Å². The lowest BCUT2D eigenvalue weighted by Gasteiger charge is -2.17. The van der Waals surface area contributed by atoms with E-state index in [0.717, 1.165) is 0 Å². The van der Waals surface area contributed by atoms with Gasteiger partial charge in [0, 0.05) is 0 Å². The molecule has 0 saturated heterocycles. The molecule has 0 aliphatic carbocycles. The molecule has 6 heteroatoms. The zero-order chi connectivity index (χ0) is 8.41. The third kappa shape index (κ3) is 2.09. The molecule has 0 aromatic heterocycles. The maximum Gasteiger partial charge on any atom is 0.453 e. The van der Waals surface area contributed by atoms with E-state index in [9.17, 15) is 22.0 Å². The molecule has 0 amide bonds. The fraction of sp³-hybridized carbons (Fsp3) is 0.750. The molecule has 0 bridgehead atoms. The van der Waals surface area contributed by atoms with Gasteiger partial charge in [0.1, 0.15) is 0 Å². The van der Waals surface area contributed by atoms with Gasteiger partial charge in [-0.05, 0) is 0 Å². The average Bonchev–Trinajstić information content (AvgIpc) is 1.61. The molecule has 0 fully saturated rings. The Bertz CT molecular complexity index is 107. The van der Waals surface area contributed by atoms with Gasteiger partial charge in [0.05, 0.1) is 13.0 Å². The van der Waals surface area contributed by atoms with Gasteiger partial charge in [-0.15, -0.1) is 0 Å². The van der Waals surface area contributed by atoms with Crippen molar-refractivity contribution in [3.8, 4) is 0 Å². The van der Waals surface area contributed by atoms with Crippen LogP contribution in [0.2, 0.25) is 0 Å². The van der Waals surface area contributed by atoms with Gasteiger partial charge in [-0.3, -0.25) is 0 Å². The van der Waals surface area contributed by atoms with Gasteiger partial charge in [0.25, 0.3) is 0 Å². The quantitative estimate of drug-likeness (QED) is 0.609. The summed E-state index contributed by atoms with van der Waals surface area (Å²) < 4.78 is 56.6. The first-order chi connectivity index (χ1) is 4.31. The van der Waals surface area contributed by atoms with E-state index in [2.05, 4.69) is 0 Å². The molecule has 61 valence electrons.